The van der Waals surface area contributed by atoms with E-state index in [4.69, 9.17) is 0 Å². The zero-order valence-corrected chi connectivity index (χ0v) is 16.0. The van der Waals surface area contributed by atoms with E-state index in [-0.39, 0.29) is 17.9 Å². The normalized spacial score (nSPS) is 21.9. The molecule has 1 aromatic rings. The molecule has 2 amide bonds. The van der Waals surface area contributed by atoms with Crippen LogP contribution < -0.4 is 5.32 Å². The van der Waals surface area contributed by atoms with Crippen LogP contribution in [0.5, 0.6) is 0 Å². The first-order chi connectivity index (χ1) is 12.7. The van der Waals surface area contributed by atoms with Crippen LogP contribution in [0.2, 0.25) is 0 Å². The number of rotatable bonds is 4. The van der Waals surface area contributed by atoms with Crippen LogP contribution in [-0.4, -0.2) is 35.3 Å². The standard InChI is InChI=1S/C22H32N2O2/c1-2-20-14-7-8-15-24(20)22(26)18-11-9-10-17(16-18)21(25)23-19-12-5-3-4-6-13-19/h9-11,16,19-20H,2-8,12-15H2,1H3,(H,23,25). The Morgan fingerprint density at radius 3 is 2.42 bits per heavy atom. The average Bonchev–Trinajstić information content (AvgIpc) is 2.96. The van der Waals surface area contributed by atoms with Gasteiger partial charge in [0.1, 0.15) is 0 Å². The average molecular weight is 357 g/mol. The first-order valence-electron chi connectivity index (χ1n) is 10.4. The number of nitrogens with one attached hydrogen (secondary N) is 1. The molecule has 1 N–H and O–H groups in total. The largest absolute Gasteiger partial charge is 0.349 e. The second-order valence-electron chi connectivity index (χ2n) is 7.80. The number of carbonyl (C=O) groups excluding carboxylic acids is 2. The van der Waals surface area contributed by atoms with Gasteiger partial charge in [-0.1, -0.05) is 38.7 Å². The van der Waals surface area contributed by atoms with E-state index in [0.717, 1.165) is 38.6 Å². The molecule has 1 heterocycles. The lowest BCUT2D eigenvalue weighted by Gasteiger charge is -2.35. The van der Waals surface area contributed by atoms with Crippen molar-refractivity contribution < 1.29 is 9.59 Å². The van der Waals surface area contributed by atoms with Crippen molar-refractivity contribution in [2.75, 3.05) is 6.54 Å². The summed E-state index contributed by atoms with van der Waals surface area (Å²) in [5.41, 5.74) is 1.24. The van der Waals surface area contributed by atoms with E-state index in [9.17, 15) is 9.59 Å². The fourth-order valence-corrected chi connectivity index (χ4v) is 4.34. The Balaban J connectivity index is 1.68. The number of piperidine rings is 1. The van der Waals surface area contributed by atoms with Crippen LogP contribution in [0.3, 0.4) is 0 Å². The van der Waals surface area contributed by atoms with Gasteiger partial charge in [-0.2, -0.15) is 0 Å². The molecule has 1 aliphatic carbocycles. The van der Waals surface area contributed by atoms with Crippen LogP contribution in [-0.2, 0) is 0 Å². The molecule has 4 nitrogen and oxygen atoms in total. The zero-order valence-electron chi connectivity index (χ0n) is 16.0. The summed E-state index contributed by atoms with van der Waals surface area (Å²) < 4.78 is 0. The Labute approximate surface area is 157 Å². The van der Waals surface area contributed by atoms with Gasteiger partial charge in [0.25, 0.3) is 11.8 Å². The summed E-state index contributed by atoms with van der Waals surface area (Å²) in [6.07, 6.45) is 11.4. The zero-order chi connectivity index (χ0) is 18.4. The van der Waals surface area contributed by atoms with Gasteiger partial charge in [-0.3, -0.25) is 9.59 Å². The molecule has 0 spiro atoms. The van der Waals surface area contributed by atoms with Crippen molar-refractivity contribution in [1.82, 2.24) is 10.2 Å². The van der Waals surface area contributed by atoms with Crippen LogP contribution in [0.4, 0.5) is 0 Å². The highest BCUT2D eigenvalue weighted by atomic mass is 16.2. The SMILES string of the molecule is CCC1CCCCN1C(=O)c1cccc(C(=O)NC2CCCCCC2)c1. The maximum absolute atomic E-state index is 13.0. The van der Waals surface area contributed by atoms with Crippen molar-refractivity contribution in [2.24, 2.45) is 0 Å². The van der Waals surface area contributed by atoms with Gasteiger partial charge >= 0.3 is 0 Å². The first-order valence-corrected chi connectivity index (χ1v) is 10.4. The van der Waals surface area contributed by atoms with Crippen molar-refractivity contribution in [2.45, 2.75) is 83.2 Å². The van der Waals surface area contributed by atoms with E-state index in [2.05, 4.69) is 12.2 Å². The van der Waals surface area contributed by atoms with Gasteiger partial charge in [0, 0.05) is 29.8 Å². The summed E-state index contributed by atoms with van der Waals surface area (Å²) in [4.78, 5) is 27.6. The summed E-state index contributed by atoms with van der Waals surface area (Å²) in [6.45, 7) is 2.97. The predicted molar refractivity (Wildman–Crippen MR) is 104 cm³/mol. The highest BCUT2D eigenvalue weighted by Gasteiger charge is 2.26. The number of likely N-dealkylation sites (tertiary alicyclic amines) is 1. The van der Waals surface area contributed by atoms with E-state index < -0.39 is 0 Å². The molecule has 1 unspecified atom stereocenters. The second-order valence-corrected chi connectivity index (χ2v) is 7.80. The third kappa shape index (κ3) is 4.66. The number of hydrogen-bond acceptors (Lipinski definition) is 2. The summed E-state index contributed by atoms with van der Waals surface area (Å²) in [6, 6.07) is 7.87. The lowest BCUT2D eigenvalue weighted by molar-refractivity contribution is 0.0608. The monoisotopic (exact) mass is 356 g/mol. The molecule has 1 saturated carbocycles. The first kappa shape index (κ1) is 18.9. The summed E-state index contributed by atoms with van der Waals surface area (Å²) in [5, 5.41) is 3.18. The second kappa shape index (κ2) is 9.20. The van der Waals surface area contributed by atoms with Crippen molar-refractivity contribution in [1.29, 1.82) is 0 Å². The van der Waals surface area contributed by atoms with Gasteiger partial charge in [-0.25, -0.2) is 0 Å². The fraction of sp³-hybridized carbons (Fsp3) is 0.636. The summed E-state index contributed by atoms with van der Waals surface area (Å²) in [5.74, 6) is 0.0258. The van der Waals surface area contributed by atoms with E-state index in [1.54, 1.807) is 6.07 Å². The number of nitrogens with zero attached hydrogens (tertiary/aromatic N) is 1. The molecule has 142 valence electrons. The van der Waals surface area contributed by atoms with Crippen LogP contribution in [0.25, 0.3) is 0 Å². The third-order valence-electron chi connectivity index (χ3n) is 5.92. The molecule has 1 aliphatic heterocycles. The molecule has 1 atom stereocenters. The quantitative estimate of drug-likeness (QED) is 0.805. The van der Waals surface area contributed by atoms with Gasteiger partial charge in [0.2, 0.25) is 0 Å². The molecule has 0 aromatic heterocycles. The smallest absolute Gasteiger partial charge is 0.254 e. The highest BCUT2D eigenvalue weighted by molar-refractivity contribution is 5.99. The van der Waals surface area contributed by atoms with E-state index in [1.807, 2.05) is 23.1 Å². The van der Waals surface area contributed by atoms with Crippen molar-refractivity contribution in [3.05, 3.63) is 35.4 Å². The van der Waals surface area contributed by atoms with Crippen LogP contribution in [0.1, 0.15) is 91.8 Å². The van der Waals surface area contributed by atoms with E-state index >= 15 is 0 Å². The van der Waals surface area contributed by atoms with Crippen molar-refractivity contribution >= 4 is 11.8 Å². The van der Waals surface area contributed by atoms with E-state index in [0.29, 0.717) is 17.2 Å². The molecule has 1 aromatic carbocycles. The topological polar surface area (TPSA) is 49.4 Å². The lowest BCUT2D eigenvalue weighted by Crippen LogP contribution is -2.43. The lowest BCUT2D eigenvalue weighted by atomic mass is 9.98. The van der Waals surface area contributed by atoms with Crippen LogP contribution in [0, 0.1) is 0 Å². The minimum atomic E-state index is -0.0442. The molecular formula is C22H32N2O2. The third-order valence-corrected chi connectivity index (χ3v) is 5.92. The molecular weight excluding hydrogens is 324 g/mol. The minimum Gasteiger partial charge on any atom is -0.349 e. The van der Waals surface area contributed by atoms with Crippen molar-refractivity contribution in [3.8, 4) is 0 Å². The molecule has 26 heavy (non-hydrogen) atoms. The van der Waals surface area contributed by atoms with Crippen LogP contribution in [0.15, 0.2) is 24.3 Å². The Bertz CT molecular complexity index is 620. The molecule has 2 aliphatic rings. The highest BCUT2D eigenvalue weighted by Crippen LogP contribution is 2.22. The van der Waals surface area contributed by atoms with Gasteiger partial charge < -0.3 is 10.2 Å². The molecule has 0 bridgehead atoms. The fourth-order valence-electron chi connectivity index (χ4n) is 4.34. The predicted octanol–water partition coefficient (Wildman–Crippen LogP) is 4.54. The molecule has 4 heteroatoms. The summed E-state index contributed by atoms with van der Waals surface area (Å²) in [7, 11) is 0. The molecule has 3 rings (SSSR count). The number of benzene rings is 1. The maximum Gasteiger partial charge on any atom is 0.254 e. The Morgan fingerprint density at radius 1 is 1.00 bits per heavy atom. The Hall–Kier alpha value is -1.84. The molecule has 2 fully saturated rings. The van der Waals surface area contributed by atoms with Gasteiger partial charge in [0.05, 0.1) is 0 Å². The minimum absolute atomic E-state index is 0.0442. The van der Waals surface area contributed by atoms with Crippen LogP contribution >= 0.6 is 0 Å². The number of carbonyl (C=O) groups is 2. The van der Waals surface area contributed by atoms with Gasteiger partial charge in [-0.05, 0) is 56.7 Å². The van der Waals surface area contributed by atoms with Gasteiger partial charge in [0.15, 0.2) is 0 Å². The Kier molecular flexibility index (Phi) is 6.70. The van der Waals surface area contributed by atoms with E-state index in [1.165, 1.54) is 32.1 Å². The number of hydrogen-bond donors (Lipinski definition) is 1. The summed E-state index contributed by atoms with van der Waals surface area (Å²) >= 11 is 0. The molecule has 1 saturated heterocycles. The molecule has 0 radical (unpaired) electrons. The van der Waals surface area contributed by atoms with Gasteiger partial charge in [-0.15, -0.1) is 0 Å². The van der Waals surface area contributed by atoms with Crippen molar-refractivity contribution in [3.63, 3.8) is 0 Å². The maximum atomic E-state index is 13.0. The Morgan fingerprint density at radius 2 is 1.69 bits per heavy atom. The number of amides is 2.